The molecule has 6 nitrogen and oxygen atoms in total. The number of nitrogens with one attached hydrogen (secondary N) is 1. The first-order chi connectivity index (χ1) is 20.5. The number of allylic oxidation sites excluding steroid dienone is 1. The van der Waals surface area contributed by atoms with Crippen LogP contribution in [0, 0.1) is 18.8 Å². The lowest BCUT2D eigenvalue weighted by Crippen LogP contribution is -2.53. The topological polar surface area (TPSA) is 77.5 Å². The van der Waals surface area contributed by atoms with E-state index in [-0.39, 0.29) is 18.4 Å². The highest BCUT2D eigenvalue weighted by Crippen LogP contribution is 2.54. The first-order valence-corrected chi connectivity index (χ1v) is 14.5. The van der Waals surface area contributed by atoms with Gasteiger partial charge in [-0.25, -0.2) is 4.79 Å². The Hall–Kier alpha value is -4.14. The van der Waals surface area contributed by atoms with Gasteiger partial charge < -0.3 is 14.8 Å². The van der Waals surface area contributed by atoms with Gasteiger partial charge in [-0.3, -0.25) is 9.78 Å². The van der Waals surface area contributed by atoms with Crippen molar-refractivity contribution >= 4 is 23.3 Å². The van der Waals surface area contributed by atoms with Crippen LogP contribution in [0.2, 0.25) is 0 Å². The minimum absolute atomic E-state index is 0.0300. The van der Waals surface area contributed by atoms with Gasteiger partial charge >= 0.3 is 12.3 Å². The van der Waals surface area contributed by atoms with E-state index in [0.29, 0.717) is 41.8 Å². The smallest absolute Gasteiger partial charge is 0.434 e. The number of carbonyl (C=O) groups is 2. The molecule has 0 unspecified atom stereocenters. The highest BCUT2D eigenvalue weighted by atomic mass is 19.4. The number of rotatable bonds is 7. The summed E-state index contributed by atoms with van der Waals surface area (Å²) in [5.74, 6) is -0.911. The summed E-state index contributed by atoms with van der Waals surface area (Å²) >= 11 is 0. The number of carbonyl (C=O) groups excluding carboxylic acids is 2. The molecule has 226 valence electrons. The maximum absolute atomic E-state index is 14.9. The number of hydrogen-bond acceptors (Lipinski definition) is 5. The summed E-state index contributed by atoms with van der Waals surface area (Å²) in [6, 6.07) is 18.2. The first kappa shape index (κ1) is 30.3. The molecule has 2 aromatic carbocycles. The van der Waals surface area contributed by atoms with Gasteiger partial charge in [0.25, 0.3) is 5.91 Å². The average molecular weight is 593 g/mol. The van der Waals surface area contributed by atoms with Crippen molar-refractivity contribution in [3.63, 3.8) is 0 Å². The van der Waals surface area contributed by atoms with Gasteiger partial charge in [0, 0.05) is 24.6 Å². The van der Waals surface area contributed by atoms with Gasteiger partial charge in [-0.2, -0.15) is 13.2 Å². The Labute approximate surface area is 249 Å². The van der Waals surface area contributed by atoms with Crippen molar-refractivity contribution < 1.29 is 32.2 Å². The quantitative estimate of drug-likeness (QED) is 0.281. The minimum atomic E-state index is -4.80. The summed E-state index contributed by atoms with van der Waals surface area (Å²) < 4.78 is 54.9. The molecule has 2 aliphatic carbocycles. The predicted molar refractivity (Wildman–Crippen MR) is 158 cm³/mol. The van der Waals surface area contributed by atoms with Crippen molar-refractivity contribution in [1.29, 1.82) is 0 Å². The molecule has 0 bridgehead atoms. The maximum Gasteiger partial charge on any atom is 0.509 e. The standard InChI is InChI=1S/C34H35F3N2O4/c1-21(2)20-42-32(41)43-33(34(35,36)37)18-26-12-11-24-17-25(31(40)39-29-10-7-15-38-22(29)3)13-14-28(24)30(26)27(19-33)16-23-8-5-4-6-9-23/h4-10,13-15,17,21,27H,11-12,16,18-20H2,1-3H3,(H,39,40)/t27-,33+/m1/s1. The summed E-state index contributed by atoms with van der Waals surface area (Å²) in [5, 5.41) is 2.90. The van der Waals surface area contributed by atoms with E-state index in [1.54, 1.807) is 45.2 Å². The van der Waals surface area contributed by atoms with Crippen LogP contribution in [-0.2, 0) is 22.3 Å². The number of pyridine rings is 1. The highest BCUT2D eigenvalue weighted by Gasteiger charge is 2.62. The summed E-state index contributed by atoms with van der Waals surface area (Å²) in [7, 11) is 0. The Morgan fingerprint density at radius 1 is 1.07 bits per heavy atom. The molecule has 1 aromatic heterocycles. The van der Waals surface area contributed by atoms with Crippen LogP contribution in [0.25, 0.3) is 5.57 Å². The lowest BCUT2D eigenvalue weighted by atomic mass is 9.66. The molecule has 3 aromatic rings. The van der Waals surface area contributed by atoms with Crippen LogP contribution in [0.1, 0.15) is 65.9 Å². The zero-order valence-electron chi connectivity index (χ0n) is 24.5. The van der Waals surface area contributed by atoms with Gasteiger partial charge in [-0.15, -0.1) is 0 Å². The van der Waals surface area contributed by atoms with Gasteiger partial charge in [-0.05, 0) is 84.6 Å². The third-order valence-electron chi connectivity index (χ3n) is 8.13. The van der Waals surface area contributed by atoms with Crippen LogP contribution in [-0.4, -0.2) is 35.4 Å². The molecule has 5 rings (SSSR count). The molecule has 0 spiro atoms. The van der Waals surface area contributed by atoms with Crippen molar-refractivity contribution in [3.05, 3.63) is 100 Å². The van der Waals surface area contributed by atoms with Gasteiger partial charge in [0.2, 0.25) is 5.60 Å². The number of ether oxygens (including phenoxy) is 2. The van der Waals surface area contributed by atoms with E-state index in [9.17, 15) is 22.8 Å². The molecule has 1 heterocycles. The number of hydrogen-bond donors (Lipinski definition) is 1. The van der Waals surface area contributed by atoms with Crippen LogP contribution in [0.3, 0.4) is 0 Å². The van der Waals surface area contributed by atoms with E-state index >= 15 is 0 Å². The third-order valence-corrected chi connectivity index (χ3v) is 8.13. The number of aromatic nitrogens is 1. The second-order valence-corrected chi connectivity index (χ2v) is 11.8. The fraction of sp³-hybridized carbons (Fsp3) is 0.382. The molecule has 2 aliphatic rings. The van der Waals surface area contributed by atoms with Gasteiger partial charge in [0.1, 0.15) is 0 Å². The number of amides is 1. The fourth-order valence-electron chi connectivity index (χ4n) is 6.08. The number of aryl methyl sites for hydroxylation is 2. The first-order valence-electron chi connectivity index (χ1n) is 14.5. The van der Waals surface area contributed by atoms with Gasteiger partial charge in [-0.1, -0.05) is 55.8 Å². The van der Waals surface area contributed by atoms with Crippen LogP contribution < -0.4 is 5.32 Å². The lowest BCUT2D eigenvalue weighted by molar-refractivity contribution is -0.269. The highest BCUT2D eigenvalue weighted by molar-refractivity contribution is 6.05. The van der Waals surface area contributed by atoms with Crippen molar-refractivity contribution in [2.24, 2.45) is 11.8 Å². The van der Waals surface area contributed by atoms with E-state index in [1.165, 1.54) is 0 Å². The Morgan fingerprint density at radius 3 is 2.53 bits per heavy atom. The molecule has 9 heteroatoms. The number of benzene rings is 2. The minimum Gasteiger partial charge on any atom is -0.434 e. The molecule has 2 atom stereocenters. The third kappa shape index (κ3) is 6.60. The van der Waals surface area contributed by atoms with Gasteiger partial charge in [0.15, 0.2) is 0 Å². The Bertz CT molecular complexity index is 1530. The molecular formula is C34H35F3N2O4. The predicted octanol–water partition coefficient (Wildman–Crippen LogP) is 8.11. The van der Waals surface area contributed by atoms with Crippen LogP contribution in [0.4, 0.5) is 23.7 Å². The monoisotopic (exact) mass is 592 g/mol. The van der Waals surface area contributed by atoms with Crippen LogP contribution >= 0.6 is 0 Å². The number of anilines is 1. The largest absolute Gasteiger partial charge is 0.509 e. The molecule has 0 aliphatic heterocycles. The molecule has 0 saturated heterocycles. The fourth-order valence-corrected chi connectivity index (χ4v) is 6.08. The SMILES string of the molecule is Cc1ncccc1NC(=O)c1ccc2c(c1)CCC1=C2[C@H](Cc2ccccc2)C[C@](OC(=O)OCC(C)C)(C(F)(F)F)C1. The zero-order chi connectivity index (χ0) is 30.8. The molecule has 0 fully saturated rings. The van der Waals surface area contributed by atoms with Gasteiger partial charge in [0.05, 0.1) is 18.0 Å². The number of halogens is 3. The van der Waals surface area contributed by atoms with Crippen molar-refractivity contribution in [2.45, 2.75) is 64.7 Å². The number of fused-ring (bicyclic) bond motifs is 2. The van der Waals surface area contributed by atoms with Crippen LogP contribution in [0.5, 0.6) is 0 Å². The molecule has 0 saturated carbocycles. The second-order valence-electron chi connectivity index (χ2n) is 11.8. The Balaban J connectivity index is 1.51. The van der Waals surface area contributed by atoms with Crippen molar-refractivity contribution in [1.82, 2.24) is 4.98 Å². The Morgan fingerprint density at radius 2 is 1.84 bits per heavy atom. The van der Waals surface area contributed by atoms with E-state index in [2.05, 4.69) is 10.3 Å². The van der Waals surface area contributed by atoms with Crippen molar-refractivity contribution in [3.8, 4) is 0 Å². The Kier molecular flexibility index (Phi) is 8.62. The van der Waals surface area contributed by atoms with E-state index in [1.807, 2.05) is 42.5 Å². The van der Waals surface area contributed by atoms with E-state index in [4.69, 9.17) is 9.47 Å². The van der Waals surface area contributed by atoms with Crippen LogP contribution in [0.15, 0.2) is 72.4 Å². The molecule has 1 amide bonds. The summed E-state index contributed by atoms with van der Waals surface area (Å²) in [6.45, 7) is 5.38. The molecule has 0 radical (unpaired) electrons. The lowest BCUT2D eigenvalue weighted by Gasteiger charge is -2.45. The number of nitrogens with zero attached hydrogens (tertiary/aromatic N) is 1. The second kappa shape index (κ2) is 12.2. The number of alkyl halides is 3. The van der Waals surface area contributed by atoms with E-state index < -0.39 is 36.7 Å². The normalized spacial score (nSPS) is 19.8. The summed E-state index contributed by atoms with van der Waals surface area (Å²) in [6.07, 6.45) is -4.16. The maximum atomic E-state index is 14.9. The summed E-state index contributed by atoms with van der Waals surface area (Å²) in [5.41, 5.74) is 3.17. The summed E-state index contributed by atoms with van der Waals surface area (Å²) in [4.78, 5) is 29.8. The van der Waals surface area contributed by atoms with E-state index in [0.717, 1.165) is 22.3 Å². The van der Waals surface area contributed by atoms with Crippen molar-refractivity contribution in [2.75, 3.05) is 11.9 Å². The molecular weight excluding hydrogens is 557 g/mol. The molecule has 1 N–H and O–H groups in total. The molecule has 43 heavy (non-hydrogen) atoms. The average Bonchev–Trinajstić information content (AvgIpc) is 2.96. The zero-order valence-corrected chi connectivity index (χ0v) is 24.5.